The molecule has 1 atom stereocenters. The predicted octanol–water partition coefficient (Wildman–Crippen LogP) is 1.24. The Balaban J connectivity index is 2.13. The van der Waals surface area contributed by atoms with E-state index in [1.54, 1.807) is 6.07 Å². The first kappa shape index (κ1) is 12.4. The van der Waals surface area contributed by atoms with Crippen LogP contribution in [0.4, 0.5) is 11.8 Å². The van der Waals surface area contributed by atoms with Gasteiger partial charge in [-0.2, -0.15) is 4.98 Å². The van der Waals surface area contributed by atoms with Crippen LogP contribution < -0.4 is 10.6 Å². The summed E-state index contributed by atoms with van der Waals surface area (Å²) in [4.78, 5) is 12.8. The van der Waals surface area contributed by atoms with Crippen LogP contribution in [0.25, 0.3) is 0 Å². The fraction of sp³-hybridized carbons (Fsp3) is 0.636. The minimum absolute atomic E-state index is 0.234. The SMILES string of the molecule is CCN1CCN(c2cc(Cl)nc(N)n2)CC1C. The van der Waals surface area contributed by atoms with Crippen LogP contribution in [0.15, 0.2) is 6.07 Å². The lowest BCUT2D eigenvalue weighted by atomic mass is 10.2. The van der Waals surface area contributed by atoms with Crippen LogP contribution in [0.5, 0.6) is 0 Å². The summed E-state index contributed by atoms with van der Waals surface area (Å²) in [6.07, 6.45) is 0. The molecule has 0 radical (unpaired) electrons. The van der Waals surface area contributed by atoms with Gasteiger partial charge >= 0.3 is 0 Å². The molecule has 2 heterocycles. The van der Waals surface area contributed by atoms with Crippen LogP contribution >= 0.6 is 11.6 Å². The monoisotopic (exact) mass is 255 g/mol. The number of nitrogens with two attached hydrogens (primary N) is 1. The summed E-state index contributed by atoms with van der Waals surface area (Å²) in [7, 11) is 0. The minimum atomic E-state index is 0.234. The average Bonchev–Trinajstić information content (AvgIpc) is 2.27. The van der Waals surface area contributed by atoms with Crippen molar-refractivity contribution < 1.29 is 0 Å². The van der Waals surface area contributed by atoms with Gasteiger partial charge in [-0.1, -0.05) is 18.5 Å². The molecule has 1 fully saturated rings. The lowest BCUT2D eigenvalue weighted by Gasteiger charge is -2.39. The third kappa shape index (κ3) is 2.79. The van der Waals surface area contributed by atoms with Crippen LogP contribution in [-0.2, 0) is 0 Å². The number of halogens is 1. The van der Waals surface area contributed by atoms with Crippen molar-refractivity contribution in [3.05, 3.63) is 11.2 Å². The predicted molar refractivity (Wildman–Crippen MR) is 70.4 cm³/mol. The topological polar surface area (TPSA) is 58.3 Å². The van der Waals surface area contributed by atoms with Crippen LogP contribution in [0.3, 0.4) is 0 Å². The molecule has 1 unspecified atom stereocenters. The molecule has 1 aliphatic heterocycles. The molecule has 1 saturated heterocycles. The molecule has 0 aromatic carbocycles. The van der Waals surface area contributed by atoms with Gasteiger partial charge in [0.1, 0.15) is 11.0 Å². The third-order valence-electron chi connectivity index (χ3n) is 3.19. The van der Waals surface area contributed by atoms with E-state index in [0.29, 0.717) is 11.2 Å². The number of aromatic nitrogens is 2. The second kappa shape index (κ2) is 5.06. The number of piperazine rings is 1. The van der Waals surface area contributed by atoms with Crippen molar-refractivity contribution in [2.75, 3.05) is 36.8 Å². The van der Waals surface area contributed by atoms with Gasteiger partial charge in [0.2, 0.25) is 5.95 Å². The van der Waals surface area contributed by atoms with Crippen molar-refractivity contribution in [1.82, 2.24) is 14.9 Å². The van der Waals surface area contributed by atoms with E-state index >= 15 is 0 Å². The Morgan fingerprint density at radius 2 is 2.24 bits per heavy atom. The molecule has 0 saturated carbocycles. The number of likely N-dealkylation sites (N-methyl/N-ethyl adjacent to an activating group) is 1. The van der Waals surface area contributed by atoms with Crippen molar-refractivity contribution in [1.29, 1.82) is 0 Å². The smallest absolute Gasteiger partial charge is 0.223 e. The zero-order chi connectivity index (χ0) is 12.4. The molecule has 0 aliphatic carbocycles. The summed E-state index contributed by atoms with van der Waals surface area (Å²) in [5.41, 5.74) is 5.61. The number of rotatable bonds is 2. The van der Waals surface area contributed by atoms with E-state index in [1.807, 2.05) is 0 Å². The molecule has 1 aromatic rings. The van der Waals surface area contributed by atoms with Gasteiger partial charge in [0.25, 0.3) is 0 Å². The van der Waals surface area contributed by atoms with Gasteiger partial charge in [-0.05, 0) is 13.5 Å². The molecule has 6 heteroatoms. The number of hydrogen-bond donors (Lipinski definition) is 1. The normalized spacial score (nSPS) is 21.8. The van der Waals surface area contributed by atoms with E-state index in [4.69, 9.17) is 17.3 Å². The minimum Gasteiger partial charge on any atom is -0.368 e. The molecule has 0 spiro atoms. The first-order valence-corrected chi connectivity index (χ1v) is 6.27. The molecule has 1 aromatic heterocycles. The Morgan fingerprint density at radius 1 is 1.47 bits per heavy atom. The third-order valence-corrected chi connectivity index (χ3v) is 3.39. The fourth-order valence-electron chi connectivity index (χ4n) is 2.26. The van der Waals surface area contributed by atoms with Gasteiger partial charge in [-0.3, -0.25) is 4.90 Å². The molecule has 17 heavy (non-hydrogen) atoms. The van der Waals surface area contributed by atoms with Crippen molar-refractivity contribution in [3.8, 4) is 0 Å². The van der Waals surface area contributed by atoms with Crippen LogP contribution in [0, 0.1) is 0 Å². The fourth-order valence-corrected chi connectivity index (χ4v) is 2.44. The molecule has 0 bridgehead atoms. The van der Waals surface area contributed by atoms with Gasteiger partial charge in [0, 0.05) is 31.7 Å². The molecule has 5 nitrogen and oxygen atoms in total. The van der Waals surface area contributed by atoms with Crippen molar-refractivity contribution >= 4 is 23.4 Å². The highest BCUT2D eigenvalue weighted by atomic mass is 35.5. The van der Waals surface area contributed by atoms with Crippen LogP contribution in [-0.4, -0.2) is 47.1 Å². The van der Waals surface area contributed by atoms with Crippen molar-refractivity contribution in [2.24, 2.45) is 0 Å². The molecular weight excluding hydrogens is 238 g/mol. The van der Waals surface area contributed by atoms with Gasteiger partial charge in [-0.25, -0.2) is 4.98 Å². The molecule has 1 aliphatic rings. The number of hydrogen-bond acceptors (Lipinski definition) is 5. The van der Waals surface area contributed by atoms with Crippen molar-refractivity contribution in [3.63, 3.8) is 0 Å². The summed E-state index contributed by atoms with van der Waals surface area (Å²) < 4.78 is 0. The average molecular weight is 256 g/mol. The van der Waals surface area contributed by atoms with E-state index in [9.17, 15) is 0 Å². The Morgan fingerprint density at radius 3 is 2.82 bits per heavy atom. The van der Waals surface area contributed by atoms with E-state index < -0.39 is 0 Å². The first-order chi connectivity index (χ1) is 8.10. The molecule has 2 rings (SSSR count). The highest BCUT2D eigenvalue weighted by molar-refractivity contribution is 6.29. The molecule has 0 amide bonds. The van der Waals surface area contributed by atoms with Crippen LogP contribution in [0.2, 0.25) is 5.15 Å². The largest absolute Gasteiger partial charge is 0.368 e. The van der Waals surface area contributed by atoms with Crippen LogP contribution in [0.1, 0.15) is 13.8 Å². The van der Waals surface area contributed by atoms with E-state index in [0.717, 1.165) is 32.0 Å². The quantitative estimate of drug-likeness (QED) is 0.806. The molecular formula is C11H18ClN5. The van der Waals surface area contributed by atoms with E-state index in [1.165, 1.54) is 0 Å². The van der Waals surface area contributed by atoms with Crippen molar-refractivity contribution in [2.45, 2.75) is 19.9 Å². The Kier molecular flexibility index (Phi) is 3.69. The number of anilines is 2. The molecule has 94 valence electrons. The summed E-state index contributed by atoms with van der Waals surface area (Å²) in [5, 5.41) is 0.401. The zero-order valence-corrected chi connectivity index (χ0v) is 11.0. The Labute approximate surface area is 107 Å². The van der Waals surface area contributed by atoms with Gasteiger partial charge in [0.05, 0.1) is 0 Å². The standard InChI is InChI=1S/C11H18ClN5/c1-3-16-4-5-17(7-8(16)2)10-6-9(12)14-11(13)15-10/h6,8H,3-5,7H2,1-2H3,(H2,13,14,15). The first-order valence-electron chi connectivity index (χ1n) is 5.89. The summed E-state index contributed by atoms with van der Waals surface area (Å²) in [6, 6.07) is 2.29. The highest BCUT2D eigenvalue weighted by Gasteiger charge is 2.23. The second-order valence-electron chi connectivity index (χ2n) is 4.33. The molecule has 2 N–H and O–H groups in total. The maximum atomic E-state index is 5.89. The van der Waals surface area contributed by atoms with Gasteiger partial charge in [0.15, 0.2) is 0 Å². The lowest BCUT2D eigenvalue weighted by molar-refractivity contribution is 0.199. The zero-order valence-electron chi connectivity index (χ0n) is 10.2. The Bertz CT molecular complexity index is 377. The number of nitrogen functional groups attached to an aromatic ring is 1. The highest BCUT2D eigenvalue weighted by Crippen LogP contribution is 2.20. The van der Waals surface area contributed by atoms with Gasteiger partial charge < -0.3 is 10.6 Å². The maximum absolute atomic E-state index is 5.89. The van der Waals surface area contributed by atoms with E-state index in [2.05, 4.69) is 33.6 Å². The number of nitrogens with zero attached hydrogens (tertiary/aromatic N) is 4. The second-order valence-corrected chi connectivity index (χ2v) is 4.72. The van der Waals surface area contributed by atoms with Gasteiger partial charge in [-0.15, -0.1) is 0 Å². The Hall–Kier alpha value is -1.07. The summed E-state index contributed by atoms with van der Waals surface area (Å²) >= 11 is 5.89. The maximum Gasteiger partial charge on any atom is 0.223 e. The summed E-state index contributed by atoms with van der Waals surface area (Å²) in [5.74, 6) is 1.06. The lowest BCUT2D eigenvalue weighted by Crippen LogP contribution is -2.52. The van der Waals surface area contributed by atoms with E-state index in [-0.39, 0.29) is 5.95 Å². The summed E-state index contributed by atoms with van der Waals surface area (Å²) in [6.45, 7) is 8.43.